The first kappa shape index (κ1) is 18.6. The maximum absolute atomic E-state index is 12.6. The third kappa shape index (κ3) is 5.13. The molecule has 1 unspecified atom stereocenters. The number of benzene rings is 1. The van der Waals surface area contributed by atoms with Crippen molar-refractivity contribution < 1.29 is 19.4 Å². The van der Waals surface area contributed by atoms with Crippen LogP contribution in [0.2, 0.25) is 5.02 Å². The SMILES string of the molecule is COc1ccc(CCC(=O)N2CCCCC2CCC(=O)O)cc1Cl. The van der Waals surface area contributed by atoms with E-state index in [1.54, 1.807) is 13.2 Å². The number of amides is 1. The zero-order valence-corrected chi connectivity index (χ0v) is 14.7. The average Bonchev–Trinajstić information content (AvgIpc) is 2.58. The summed E-state index contributed by atoms with van der Waals surface area (Å²) in [5, 5.41) is 9.41. The number of ether oxygens (including phenoxy) is 1. The number of nitrogens with zero attached hydrogens (tertiary/aromatic N) is 1. The monoisotopic (exact) mass is 353 g/mol. The minimum absolute atomic E-state index is 0.0572. The van der Waals surface area contributed by atoms with E-state index in [0.717, 1.165) is 31.4 Å². The van der Waals surface area contributed by atoms with Gasteiger partial charge in [-0.3, -0.25) is 9.59 Å². The lowest BCUT2D eigenvalue weighted by Crippen LogP contribution is -2.44. The minimum atomic E-state index is -0.805. The number of carbonyl (C=O) groups excluding carboxylic acids is 1. The molecule has 1 aromatic carbocycles. The van der Waals surface area contributed by atoms with Crippen molar-refractivity contribution in [2.45, 2.75) is 51.0 Å². The fraction of sp³-hybridized carbons (Fsp3) is 0.556. The summed E-state index contributed by atoms with van der Waals surface area (Å²) in [5.41, 5.74) is 0.994. The molecule has 1 aliphatic rings. The number of carboxylic acid groups (broad SMARTS) is 1. The molecule has 0 spiro atoms. The summed E-state index contributed by atoms with van der Waals surface area (Å²) in [6, 6.07) is 5.60. The Bertz CT molecular complexity index is 590. The molecule has 1 heterocycles. The van der Waals surface area contributed by atoms with Crippen molar-refractivity contribution in [3.63, 3.8) is 0 Å². The van der Waals surface area contributed by atoms with E-state index in [-0.39, 0.29) is 18.4 Å². The van der Waals surface area contributed by atoms with Crippen LogP contribution in [0.1, 0.15) is 44.1 Å². The molecule has 1 aliphatic heterocycles. The summed E-state index contributed by atoms with van der Waals surface area (Å²) in [4.78, 5) is 25.2. The van der Waals surface area contributed by atoms with E-state index >= 15 is 0 Å². The van der Waals surface area contributed by atoms with Crippen LogP contribution in [-0.2, 0) is 16.0 Å². The summed E-state index contributed by atoms with van der Waals surface area (Å²) < 4.78 is 5.13. The highest BCUT2D eigenvalue weighted by molar-refractivity contribution is 6.32. The number of methoxy groups -OCH3 is 1. The van der Waals surface area contributed by atoms with Gasteiger partial charge in [-0.25, -0.2) is 0 Å². The van der Waals surface area contributed by atoms with Crippen LogP contribution in [0.4, 0.5) is 0 Å². The lowest BCUT2D eigenvalue weighted by molar-refractivity contribution is -0.140. The predicted octanol–water partition coefficient (Wildman–Crippen LogP) is 3.53. The van der Waals surface area contributed by atoms with Crippen LogP contribution >= 0.6 is 11.6 Å². The van der Waals surface area contributed by atoms with Gasteiger partial charge in [0.2, 0.25) is 5.91 Å². The van der Waals surface area contributed by atoms with E-state index in [0.29, 0.717) is 30.0 Å². The third-order valence-electron chi connectivity index (χ3n) is 4.48. The topological polar surface area (TPSA) is 66.8 Å². The molecule has 1 fully saturated rings. The molecule has 6 heteroatoms. The molecule has 1 aromatic rings. The zero-order chi connectivity index (χ0) is 17.5. The first-order chi connectivity index (χ1) is 11.5. The Labute approximate surface area is 147 Å². The van der Waals surface area contributed by atoms with Crippen LogP contribution in [0.3, 0.4) is 0 Å². The molecule has 132 valence electrons. The highest BCUT2D eigenvalue weighted by Gasteiger charge is 2.26. The Kier molecular flexibility index (Phi) is 6.91. The first-order valence-corrected chi connectivity index (χ1v) is 8.72. The van der Waals surface area contributed by atoms with Crippen LogP contribution < -0.4 is 4.74 Å². The molecule has 0 aromatic heterocycles. The number of rotatable bonds is 7. The van der Waals surface area contributed by atoms with E-state index in [9.17, 15) is 9.59 Å². The zero-order valence-electron chi connectivity index (χ0n) is 14.0. The second kappa shape index (κ2) is 8.92. The second-order valence-electron chi connectivity index (χ2n) is 6.14. The quantitative estimate of drug-likeness (QED) is 0.814. The van der Waals surface area contributed by atoms with Gasteiger partial charge in [0, 0.05) is 25.4 Å². The molecule has 0 aliphatic carbocycles. The Morgan fingerprint density at radius 2 is 2.12 bits per heavy atom. The lowest BCUT2D eigenvalue weighted by Gasteiger charge is -2.35. The smallest absolute Gasteiger partial charge is 0.303 e. The maximum atomic E-state index is 12.6. The number of aliphatic carboxylic acids is 1. The van der Waals surface area contributed by atoms with Crippen molar-refractivity contribution in [2.75, 3.05) is 13.7 Å². The number of piperidine rings is 1. The molecular weight excluding hydrogens is 330 g/mol. The van der Waals surface area contributed by atoms with Crippen molar-refractivity contribution in [3.05, 3.63) is 28.8 Å². The standard InChI is InChI=1S/C18H24ClNO4/c1-24-16-8-5-13(12-15(16)19)6-9-17(21)20-11-3-2-4-14(20)7-10-18(22)23/h5,8,12,14H,2-4,6-7,9-11H2,1H3,(H,22,23). The van der Waals surface area contributed by atoms with Crippen LogP contribution in [0.15, 0.2) is 18.2 Å². The second-order valence-corrected chi connectivity index (χ2v) is 6.55. The number of carbonyl (C=O) groups is 2. The molecule has 0 bridgehead atoms. The normalized spacial score (nSPS) is 17.6. The number of hydrogen-bond acceptors (Lipinski definition) is 3. The Morgan fingerprint density at radius 1 is 1.33 bits per heavy atom. The van der Waals surface area contributed by atoms with Crippen molar-refractivity contribution in [2.24, 2.45) is 0 Å². The van der Waals surface area contributed by atoms with Gasteiger partial charge in [0.05, 0.1) is 12.1 Å². The van der Waals surface area contributed by atoms with Gasteiger partial charge in [-0.2, -0.15) is 0 Å². The molecule has 5 nitrogen and oxygen atoms in total. The van der Waals surface area contributed by atoms with Gasteiger partial charge in [-0.15, -0.1) is 0 Å². The Balaban J connectivity index is 1.92. The predicted molar refractivity (Wildman–Crippen MR) is 92.5 cm³/mol. The van der Waals surface area contributed by atoms with Gasteiger partial charge in [0.1, 0.15) is 5.75 Å². The molecule has 1 saturated heterocycles. The molecular formula is C18H24ClNO4. The van der Waals surface area contributed by atoms with Crippen molar-refractivity contribution in [1.29, 1.82) is 0 Å². The van der Waals surface area contributed by atoms with E-state index < -0.39 is 5.97 Å². The fourth-order valence-electron chi connectivity index (χ4n) is 3.18. The molecule has 1 amide bonds. The first-order valence-electron chi connectivity index (χ1n) is 8.35. The van der Waals surface area contributed by atoms with Crippen molar-refractivity contribution in [3.8, 4) is 5.75 Å². The third-order valence-corrected chi connectivity index (χ3v) is 4.78. The van der Waals surface area contributed by atoms with Gasteiger partial charge >= 0.3 is 5.97 Å². The molecule has 0 radical (unpaired) electrons. The Hall–Kier alpha value is -1.75. The van der Waals surface area contributed by atoms with Crippen LogP contribution in [0, 0.1) is 0 Å². The van der Waals surface area contributed by atoms with E-state index in [1.165, 1.54) is 0 Å². The number of halogens is 1. The molecule has 1 N–H and O–H groups in total. The highest BCUT2D eigenvalue weighted by atomic mass is 35.5. The summed E-state index contributed by atoms with van der Waals surface area (Å²) in [6.07, 6.45) is 4.62. The van der Waals surface area contributed by atoms with E-state index in [1.807, 2.05) is 17.0 Å². The van der Waals surface area contributed by atoms with E-state index in [4.69, 9.17) is 21.4 Å². The van der Waals surface area contributed by atoms with Gasteiger partial charge in [0.25, 0.3) is 0 Å². The van der Waals surface area contributed by atoms with Crippen LogP contribution in [0.25, 0.3) is 0 Å². The molecule has 0 saturated carbocycles. The summed E-state index contributed by atoms with van der Waals surface area (Å²) in [7, 11) is 1.57. The average molecular weight is 354 g/mol. The fourth-order valence-corrected chi connectivity index (χ4v) is 3.46. The number of carboxylic acids is 1. The number of likely N-dealkylation sites (tertiary alicyclic amines) is 1. The van der Waals surface area contributed by atoms with Crippen LogP contribution in [0.5, 0.6) is 5.75 Å². The van der Waals surface area contributed by atoms with Gasteiger partial charge in [-0.05, 0) is 49.8 Å². The van der Waals surface area contributed by atoms with E-state index in [2.05, 4.69) is 0 Å². The number of aryl methyl sites for hydroxylation is 1. The minimum Gasteiger partial charge on any atom is -0.495 e. The summed E-state index contributed by atoms with van der Waals surface area (Å²) >= 11 is 6.11. The maximum Gasteiger partial charge on any atom is 0.303 e. The summed E-state index contributed by atoms with van der Waals surface area (Å²) in [6.45, 7) is 0.729. The summed E-state index contributed by atoms with van der Waals surface area (Å²) in [5.74, 6) is -0.0885. The van der Waals surface area contributed by atoms with Gasteiger partial charge in [0.15, 0.2) is 0 Å². The van der Waals surface area contributed by atoms with Gasteiger partial charge in [-0.1, -0.05) is 17.7 Å². The highest BCUT2D eigenvalue weighted by Crippen LogP contribution is 2.26. The Morgan fingerprint density at radius 3 is 2.79 bits per heavy atom. The van der Waals surface area contributed by atoms with Crippen molar-refractivity contribution >= 4 is 23.5 Å². The largest absolute Gasteiger partial charge is 0.495 e. The molecule has 1 atom stereocenters. The molecule has 24 heavy (non-hydrogen) atoms. The number of hydrogen-bond donors (Lipinski definition) is 1. The molecule has 2 rings (SSSR count). The van der Waals surface area contributed by atoms with Crippen molar-refractivity contribution in [1.82, 2.24) is 4.90 Å². The van der Waals surface area contributed by atoms with Crippen LogP contribution in [-0.4, -0.2) is 41.6 Å². The van der Waals surface area contributed by atoms with Gasteiger partial charge < -0.3 is 14.7 Å². The lowest BCUT2D eigenvalue weighted by atomic mass is 9.97.